The highest BCUT2D eigenvalue weighted by atomic mass is 35.5. The molecule has 1 heterocycles. The number of nitrogens with zero attached hydrogens (tertiary/aromatic N) is 2. The van der Waals surface area contributed by atoms with Gasteiger partial charge in [0.2, 0.25) is 9.84 Å². The van der Waals surface area contributed by atoms with Gasteiger partial charge in [-0.15, -0.1) is 0 Å². The number of anilines is 2. The third-order valence-electron chi connectivity index (χ3n) is 3.76. The minimum Gasteiger partial charge on any atom is -0.497 e. The number of sulfone groups is 1. The highest BCUT2D eigenvalue weighted by Crippen LogP contribution is 2.44. The maximum absolute atomic E-state index is 12.6. The Morgan fingerprint density at radius 1 is 1.08 bits per heavy atom. The van der Waals surface area contributed by atoms with Gasteiger partial charge in [0.1, 0.15) is 17.6 Å². The number of halogens is 1. The lowest BCUT2D eigenvalue weighted by Crippen LogP contribution is -2.21. The summed E-state index contributed by atoms with van der Waals surface area (Å²) in [6.45, 7) is 0. The molecule has 0 aromatic heterocycles. The molecule has 1 aliphatic rings. The molecule has 0 amide bonds. The van der Waals surface area contributed by atoms with Gasteiger partial charge in [0.05, 0.1) is 30.5 Å². The molecule has 0 unspecified atom stereocenters. The molecular weight excluding hydrogens is 364 g/mol. The zero-order valence-electron chi connectivity index (χ0n) is 13.4. The fraction of sp³-hybridized carbons (Fsp3) is 0.118. The van der Waals surface area contributed by atoms with E-state index < -0.39 is 9.84 Å². The summed E-state index contributed by atoms with van der Waals surface area (Å²) in [4.78, 5) is 1.19. The lowest BCUT2D eigenvalue weighted by atomic mass is 10.2. The molecule has 8 heteroatoms. The van der Waals surface area contributed by atoms with Crippen LogP contribution in [0.25, 0.3) is 0 Å². The molecule has 0 N–H and O–H groups in total. The number of hydrogen-bond donors (Lipinski definition) is 0. The number of allylic oxidation sites excluding steroid dienone is 1. The number of hydrogen-bond acceptors (Lipinski definition) is 6. The predicted octanol–water partition coefficient (Wildman–Crippen LogP) is 3.65. The third kappa shape index (κ3) is 2.80. The molecule has 0 atom stereocenters. The van der Waals surface area contributed by atoms with Gasteiger partial charge in [-0.1, -0.05) is 11.6 Å². The van der Waals surface area contributed by atoms with E-state index in [1.54, 1.807) is 29.2 Å². The standard InChI is InChI=1S/C17H13ClN2O4S/c1-23-12-4-5-16(24-2)14(8-12)20-10-13(9-19)25(21,22)17-6-3-11(18)7-15(17)20/h3-8,10H,1-2H3. The van der Waals surface area contributed by atoms with Crippen LogP contribution in [0.3, 0.4) is 0 Å². The molecule has 0 aliphatic carbocycles. The summed E-state index contributed by atoms with van der Waals surface area (Å²) < 4.78 is 35.8. The quantitative estimate of drug-likeness (QED) is 0.813. The first kappa shape index (κ1) is 17.1. The summed E-state index contributed by atoms with van der Waals surface area (Å²) in [5, 5.41) is 9.66. The Morgan fingerprint density at radius 2 is 1.84 bits per heavy atom. The molecule has 0 radical (unpaired) electrons. The van der Waals surface area contributed by atoms with Gasteiger partial charge in [-0.2, -0.15) is 5.26 Å². The predicted molar refractivity (Wildman–Crippen MR) is 94.0 cm³/mol. The molecule has 0 saturated carbocycles. The monoisotopic (exact) mass is 376 g/mol. The molecular formula is C17H13ClN2O4S. The Kier molecular flexibility index (Phi) is 4.33. The molecule has 0 fully saturated rings. The number of nitriles is 1. The highest BCUT2D eigenvalue weighted by Gasteiger charge is 2.33. The fourth-order valence-electron chi connectivity index (χ4n) is 2.55. The van der Waals surface area contributed by atoms with E-state index in [4.69, 9.17) is 21.1 Å². The summed E-state index contributed by atoms with van der Waals surface area (Å²) in [7, 11) is -0.877. The largest absolute Gasteiger partial charge is 0.497 e. The molecule has 0 spiro atoms. The van der Waals surface area contributed by atoms with Crippen LogP contribution in [0.2, 0.25) is 5.02 Å². The second-order valence-corrected chi connectivity index (χ2v) is 7.45. The normalized spacial score (nSPS) is 15.0. The van der Waals surface area contributed by atoms with Crippen LogP contribution in [0.1, 0.15) is 0 Å². The van der Waals surface area contributed by atoms with Crippen molar-refractivity contribution in [3.05, 3.63) is 52.5 Å². The Hall–Kier alpha value is -2.69. The molecule has 2 aromatic rings. The lowest BCUT2D eigenvalue weighted by Gasteiger charge is -2.29. The minimum absolute atomic E-state index is 0.000762. The second-order valence-electron chi connectivity index (χ2n) is 5.13. The molecule has 0 bridgehead atoms. The second kappa shape index (κ2) is 6.31. The fourth-order valence-corrected chi connectivity index (χ4v) is 4.00. The first-order valence-corrected chi connectivity index (χ1v) is 8.96. The van der Waals surface area contributed by atoms with Crippen molar-refractivity contribution in [2.75, 3.05) is 19.1 Å². The van der Waals surface area contributed by atoms with Gasteiger partial charge in [0.25, 0.3) is 0 Å². The van der Waals surface area contributed by atoms with Crippen LogP contribution in [0, 0.1) is 11.3 Å². The van der Waals surface area contributed by atoms with Gasteiger partial charge < -0.3 is 14.4 Å². The van der Waals surface area contributed by atoms with Crippen LogP contribution >= 0.6 is 11.6 Å². The molecule has 1 aliphatic heterocycles. The molecule has 0 saturated heterocycles. The van der Waals surface area contributed by atoms with Crippen molar-refractivity contribution in [1.29, 1.82) is 5.26 Å². The van der Waals surface area contributed by atoms with E-state index in [2.05, 4.69) is 0 Å². The van der Waals surface area contributed by atoms with Crippen LogP contribution in [0.4, 0.5) is 11.4 Å². The van der Waals surface area contributed by atoms with E-state index in [-0.39, 0.29) is 9.80 Å². The smallest absolute Gasteiger partial charge is 0.220 e. The van der Waals surface area contributed by atoms with Crippen molar-refractivity contribution in [3.63, 3.8) is 0 Å². The van der Waals surface area contributed by atoms with Crippen molar-refractivity contribution in [1.82, 2.24) is 0 Å². The van der Waals surface area contributed by atoms with Crippen molar-refractivity contribution in [2.45, 2.75) is 4.90 Å². The van der Waals surface area contributed by atoms with Gasteiger partial charge in [-0.05, 0) is 30.3 Å². The molecule has 2 aromatic carbocycles. The van der Waals surface area contributed by atoms with Crippen LogP contribution < -0.4 is 14.4 Å². The number of ether oxygens (including phenoxy) is 2. The van der Waals surface area contributed by atoms with Crippen LogP contribution in [0.15, 0.2) is 52.4 Å². The van der Waals surface area contributed by atoms with Gasteiger partial charge in [-0.25, -0.2) is 8.42 Å². The average Bonchev–Trinajstić information content (AvgIpc) is 2.61. The zero-order valence-corrected chi connectivity index (χ0v) is 14.9. The number of benzene rings is 2. The Labute approximate surface area is 150 Å². The summed E-state index contributed by atoms with van der Waals surface area (Å²) in [6.07, 6.45) is 1.26. The van der Waals surface area contributed by atoms with Gasteiger partial charge >= 0.3 is 0 Å². The maximum atomic E-state index is 12.6. The SMILES string of the molecule is COc1ccc(OC)c(N2C=C(C#N)S(=O)(=O)c3ccc(Cl)cc32)c1. The van der Waals surface area contributed by atoms with Crippen molar-refractivity contribution in [2.24, 2.45) is 0 Å². The number of fused-ring (bicyclic) bond motifs is 1. The molecule has 25 heavy (non-hydrogen) atoms. The topological polar surface area (TPSA) is 79.6 Å². The van der Waals surface area contributed by atoms with Crippen molar-refractivity contribution >= 4 is 32.8 Å². The summed E-state index contributed by atoms with van der Waals surface area (Å²) in [6, 6.07) is 11.2. The van der Waals surface area contributed by atoms with Crippen LogP contribution in [-0.2, 0) is 9.84 Å². The Balaban J connectivity index is 2.34. The Bertz CT molecular complexity index is 1030. The minimum atomic E-state index is -3.90. The third-order valence-corrected chi connectivity index (χ3v) is 5.70. The summed E-state index contributed by atoms with van der Waals surface area (Å²) >= 11 is 6.06. The number of methoxy groups -OCH3 is 2. The first-order chi connectivity index (χ1) is 11.9. The van der Waals surface area contributed by atoms with Gasteiger partial charge in [-0.3, -0.25) is 0 Å². The van der Waals surface area contributed by atoms with Crippen molar-refractivity contribution in [3.8, 4) is 17.6 Å². The van der Waals surface area contributed by atoms with E-state index in [0.717, 1.165) is 0 Å². The highest BCUT2D eigenvalue weighted by molar-refractivity contribution is 7.95. The number of rotatable bonds is 3. The van der Waals surface area contributed by atoms with Crippen LogP contribution in [0.5, 0.6) is 11.5 Å². The van der Waals surface area contributed by atoms with Gasteiger partial charge in [0, 0.05) is 17.3 Å². The first-order valence-electron chi connectivity index (χ1n) is 7.10. The Morgan fingerprint density at radius 3 is 2.48 bits per heavy atom. The maximum Gasteiger partial charge on any atom is 0.220 e. The van der Waals surface area contributed by atoms with Gasteiger partial charge in [0.15, 0.2) is 4.91 Å². The molecule has 3 rings (SSSR count). The van der Waals surface area contributed by atoms with Crippen molar-refractivity contribution < 1.29 is 17.9 Å². The summed E-state index contributed by atoms with van der Waals surface area (Å²) in [5.74, 6) is 1.04. The molecule has 128 valence electrons. The van der Waals surface area contributed by atoms with E-state index >= 15 is 0 Å². The van der Waals surface area contributed by atoms with Crippen LogP contribution in [-0.4, -0.2) is 22.6 Å². The average molecular weight is 377 g/mol. The zero-order chi connectivity index (χ0) is 18.2. The van der Waals surface area contributed by atoms with E-state index in [9.17, 15) is 13.7 Å². The van der Waals surface area contributed by atoms with E-state index in [1.807, 2.05) is 0 Å². The van der Waals surface area contributed by atoms with E-state index in [0.29, 0.717) is 27.9 Å². The summed E-state index contributed by atoms with van der Waals surface area (Å²) in [5.41, 5.74) is 0.853. The van der Waals surface area contributed by atoms with E-state index in [1.165, 1.54) is 38.6 Å². The molecule has 6 nitrogen and oxygen atoms in total. The lowest BCUT2D eigenvalue weighted by molar-refractivity contribution is 0.404.